The maximum absolute atomic E-state index is 6.20. The van der Waals surface area contributed by atoms with Crippen LogP contribution in [0.5, 0.6) is 0 Å². The summed E-state index contributed by atoms with van der Waals surface area (Å²) in [6, 6.07) is 11.8. The van der Waals surface area contributed by atoms with Gasteiger partial charge in [0.15, 0.2) is 0 Å². The number of nitrogens with zero attached hydrogens (tertiary/aromatic N) is 2. The minimum Gasteiger partial charge on any atom is -0.378 e. The summed E-state index contributed by atoms with van der Waals surface area (Å²) in [6.07, 6.45) is 1.78. The third-order valence-electron chi connectivity index (χ3n) is 2.83. The van der Waals surface area contributed by atoms with Crippen LogP contribution < -0.4 is 5.32 Å². The quantitative estimate of drug-likeness (QED) is 0.590. The van der Waals surface area contributed by atoms with Crippen molar-refractivity contribution in [1.29, 1.82) is 0 Å². The molecule has 0 radical (unpaired) electrons. The summed E-state index contributed by atoms with van der Waals surface area (Å²) in [5, 5.41) is 7.00. The number of halogens is 2. The minimum atomic E-state index is 0.643. The number of aromatic nitrogens is 2. The van der Waals surface area contributed by atoms with E-state index in [9.17, 15) is 0 Å². The molecule has 0 unspecified atom stereocenters. The Hall–Kier alpha value is -1.18. The molecule has 3 rings (SSSR count). The van der Waals surface area contributed by atoms with E-state index in [0.717, 1.165) is 30.7 Å². The van der Waals surface area contributed by atoms with Gasteiger partial charge in [0.1, 0.15) is 5.01 Å². The van der Waals surface area contributed by atoms with E-state index in [-0.39, 0.29) is 0 Å². The van der Waals surface area contributed by atoms with E-state index in [0.29, 0.717) is 6.54 Å². The van der Waals surface area contributed by atoms with Gasteiger partial charge < -0.3 is 5.32 Å². The predicted molar refractivity (Wildman–Crippen MR) is 96.8 cm³/mol. The molecular weight excluding hydrogens is 417 g/mol. The summed E-state index contributed by atoms with van der Waals surface area (Å²) in [5.41, 5.74) is 2.81. The lowest BCUT2D eigenvalue weighted by Gasteiger charge is -2.06. The second kappa shape index (κ2) is 6.72. The fourth-order valence-electron chi connectivity index (χ4n) is 1.81. The Morgan fingerprint density at radius 3 is 2.90 bits per heavy atom. The van der Waals surface area contributed by atoms with Gasteiger partial charge in [-0.3, -0.25) is 4.98 Å². The Balaban J connectivity index is 1.70. The summed E-state index contributed by atoms with van der Waals surface area (Å²) < 4.78 is 1.12. The molecule has 0 bridgehead atoms. The van der Waals surface area contributed by atoms with Crippen LogP contribution in [-0.4, -0.2) is 9.97 Å². The van der Waals surface area contributed by atoms with Crippen LogP contribution in [-0.2, 0) is 6.54 Å². The zero-order valence-corrected chi connectivity index (χ0v) is 14.6. The molecule has 6 heteroatoms. The van der Waals surface area contributed by atoms with Crippen LogP contribution >= 0.6 is 45.5 Å². The van der Waals surface area contributed by atoms with Gasteiger partial charge in [-0.2, -0.15) is 0 Å². The largest absolute Gasteiger partial charge is 0.378 e. The Kier molecular flexibility index (Phi) is 4.72. The van der Waals surface area contributed by atoms with Crippen molar-refractivity contribution in [2.24, 2.45) is 0 Å². The van der Waals surface area contributed by atoms with E-state index in [4.69, 9.17) is 11.6 Å². The van der Waals surface area contributed by atoms with Crippen molar-refractivity contribution in [2.75, 3.05) is 5.32 Å². The second-order valence-electron chi connectivity index (χ2n) is 4.34. The van der Waals surface area contributed by atoms with E-state index in [1.807, 2.05) is 41.8 Å². The molecule has 106 valence electrons. The monoisotopic (exact) mass is 427 g/mol. The molecule has 0 amide bonds. The van der Waals surface area contributed by atoms with Gasteiger partial charge >= 0.3 is 0 Å². The van der Waals surface area contributed by atoms with Crippen LogP contribution in [0.2, 0.25) is 5.02 Å². The first kappa shape index (κ1) is 14.7. The van der Waals surface area contributed by atoms with Crippen molar-refractivity contribution in [3.05, 3.63) is 62.3 Å². The summed E-state index contributed by atoms with van der Waals surface area (Å²) in [4.78, 5) is 8.90. The number of hydrogen-bond donors (Lipinski definition) is 1. The normalized spacial score (nSPS) is 10.6. The highest BCUT2D eigenvalue weighted by molar-refractivity contribution is 14.1. The van der Waals surface area contributed by atoms with Crippen molar-refractivity contribution < 1.29 is 0 Å². The number of hydrogen-bond acceptors (Lipinski definition) is 4. The SMILES string of the molecule is Clc1cc(I)ccc1NCc1csc(-c2ccccn2)n1. The number of nitrogens with one attached hydrogen (secondary N) is 1. The first-order valence-electron chi connectivity index (χ1n) is 6.27. The van der Waals surface area contributed by atoms with Gasteiger partial charge in [-0.1, -0.05) is 17.7 Å². The van der Waals surface area contributed by atoms with Gasteiger partial charge in [-0.15, -0.1) is 11.3 Å². The second-order valence-corrected chi connectivity index (χ2v) is 6.85. The van der Waals surface area contributed by atoms with Crippen molar-refractivity contribution >= 4 is 51.2 Å². The molecule has 0 saturated heterocycles. The maximum Gasteiger partial charge on any atom is 0.142 e. The van der Waals surface area contributed by atoms with Gasteiger partial charge in [0.25, 0.3) is 0 Å². The zero-order chi connectivity index (χ0) is 14.7. The van der Waals surface area contributed by atoms with E-state index in [1.165, 1.54) is 0 Å². The summed E-state index contributed by atoms with van der Waals surface area (Å²) in [6.45, 7) is 0.643. The molecule has 0 aliphatic carbocycles. The summed E-state index contributed by atoms with van der Waals surface area (Å²) in [5.74, 6) is 0. The molecule has 0 aliphatic heterocycles. The molecule has 0 atom stereocenters. The maximum atomic E-state index is 6.20. The molecule has 3 nitrogen and oxygen atoms in total. The molecule has 1 aromatic carbocycles. The number of benzene rings is 1. The van der Waals surface area contributed by atoms with Crippen molar-refractivity contribution in [2.45, 2.75) is 6.54 Å². The Bertz CT molecular complexity index is 746. The molecule has 0 spiro atoms. The number of anilines is 1. The van der Waals surface area contributed by atoms with E-state index in [1.54, 1.807) is 17.5 Å². The number of thiazole rings is 1. The van der Waals surface area contributed by atoms with Crippen molar-refractivity contribution in [1.82, 2.24) is 9.97 Å². The molecule has 3 aromatic rings. The molecule has 0 aliphatic rings. The van der Waals surface area contributed by atoms with Crippen molar-refractivity contribution in [3.63, 3.8) is 0 Å². The van der Waals surface area contributed by atoms with Crippen LogP contribution in [0.25, 0.3) is 10.7 Å². The van der Waals surface area contributed by atoms with Gasteiger partial charge in [0.2, 0.25) is 0 Å². The minimum absolute atomic E-state index is 0.643. The molecule has 0 saturated carbocycles. The highest BCUT2D eigenvalue weighted by Crippen LogP contribution is 2.25. The van der Waals surface area contributed by atoms with Gasteiger partial charge in [-0.05, 0) is 52.9 Å². The summed E-state index contributed by atoms with van der Waals surface area (Å²) >= 11 is 10.0. The average Bonchev–Trinajstić information content (AvgIpc) is 2.96. The lowest BCUT2D eigenvalue weighted by Crippen LogP contribution is -2.00. The lowest BCUT2D eigenvalue weighted by molar-refractivity contribution is 1.07. The molecular formula is C15H11ClIN3S. The molecule has 2 aromatic heterocycles. The van der Waals surface area contributed by atoms with Gasteiger partial charge in [-0.25, -0.2) is 4.98 Å². The van der Waals surface area contributed by atoms with Gasteiger partial charge in [0, 0.05) is 15.1 Å². The van der Waals surface area contributed by atoms with Crippen LogP contribution in [0.1, 0.15) is 5.69 Å². The number of rotatable bonds is 4. The molecule has 0 fully saturated rings. The van der Waals surface area contributed by atoms with Crippen LogP contribution in [0.15, 0.2) is 48.0 Å². The zero-order valence-electron chi connectivity index (χ0n) is 10.9. The van der Waals surface area contributed by atoms with E-state index < -0.39 is 0 Å². The molecule has 2 heterocycles. The fraction of sp³-hybridized carbons (Fsp3) is 0.0667. The van der Waals surface area contributed by atoms with Crippen molar-refractivity contribution in [3.8, 4) is 10.7 Å². The smallest absolute Gasteiger partial charge is 0.142 e. The topological polar surface area (TPSA) is 37.8 Å². The van der Waals surface area contributed by atoms with Crippen LogP contribution in [0.3, 0.4) is 0 Å². The Morgan fingerprint density at radius 1 is 1.24 bits per heavy atom. The highest BCUT2D eigenvalue weighted by atomic mass is 127. The Morgan fingerprint density at radius 2 is 2.14 bits per heavy atom. The highest BCUT2D eigenvalue weighted by Gasteiger charge is 2.06. The van der Waals surface area contributed by atoms with Crippen LogP contribution in [0.4, 0.5) is 5.69 Å². The average molecular weight is 428 g/mol. The van der Waals surface area contributed by atoms with E-state index in [2.05, 4.69) is 37.9 Å². The Labute approximate surface area is 145 Å². The third kappa shape index (κ3) is 3.72. The van der Waals surface area contributed by atoms with Gasteiger partial charge in [0.05, 0.1) is 28.6 Å². The first-order valence-corrected chi connectivity index (χ1v) is 8.61. The molecule has 21 heavy (non-hydrogen) atoms. The van der Waals surface area contributed by atoms with E-state index >= 15 is 0 Å². The standard InChI is InChI=1S/C15H11ClIN3S/c16-12-7-10(17)4-5-13(12)19-8-11-9-21-15(20-11)14-3-1-2-6-18-14/h1-7,9,19H,8H2. The number of pyridine rings is 1. The summed E-state index contributed by atoms with van der Waals surface area (Å²) in [7, 11) is 0. The fourth-order valence-corrected chi connectivity index (χ4v) is 3.53. The predicted octanol–water partition coefficient (Wildman–Crippen LogP) is 5.08. The molecule has 1 N–H and O–H groups in total. The van der Waals surface area contributed by atoms with Crippen LogP contribution in [0, 0.1) is 3.57 Å². The first-order chi connectivity index (χ1) is 10.2. The third-order valence-corrected chi connectivity index (χ3v) is 4.72. The lowest BCUT2D eigenvalue weighted by atomic mass is 10.3.